The normalized spacial score (nSPS) is 11.1. The predicted molar refractivity (Wildman–Crippen MR) is 85.9 cm³/mol. The van der Waals surface area contributed by atoms with Gasteiger partial charge in [-0.3, -0.25) is 0 Å². The van der Waals surface area contributed by atoms with Crippen molar-refractivity contribution in [2.24, 2.45) is 0 Å². The quantitative estimate of drug-likeness (QED) is 0.791. The van der Waals surface area contributed by atoms with Gasteiger partial charge < -0.3 is 15.0 Å². The number of benzene rings is 1. The first kappa shape index (κ1) is 16.5. The molecule has 0 fully saturated rings. The molecular formula is C15H25BrN2O. The van der Waals surface area contributed by atoms with Crippen molar-refractivity contribution < 1.29 is 4.74 Å². The van der Waals surface area contributed by atoms with Crippen molar-refractivity contribution in [1.82, 2.24) is 5.32 Å². The zero-order chi connectivity index (χ0) is 14.3. The fourth-order valence-electron chi connectivity index (χ4n) is 1.86. The number of nitrogens with zero attached hydrogens (tertiary/aromatic N) is 1. The molecule has 0 amide bonds. The van der Waals surface area contributed by atoms with E-state index in [1.807, 2.05) is 0 Å². The minimum absolute atomic E-state index is 0.500. The van der Waals surface area contributed by atoms with Gasteiger partial charge in [-0.05, 0) is 24.6 Å². The molecule has 3 nitrogen and oxygen atoms in total. The highest BCUT2D eigenvalue weighted by molar-refractivity contribution is 9.10. The third kappa shape index (κ3) is 5.51. The van der Waals surface area contributed by atoms with Gasteiger partial charge in [-0.25, -0.2) is 0 Å². The minimum atomic E-state index is 0.500. The van der Waals surface area contributed by atoms with Crippen LogP contribution in [0.2, 0.25) is 0 Å². The van der Waals surface area contributed by atoms with Gasteiger partial charge in [0, 0.05) is 42.9 Å². The van der Waals surface area contributed by atoms with E-state index in [-0.39, 0.29) is 0 Å². The summed E-state index contributed by atoms with van der Waals surface area (Å²) in [6.45, 7) is 10.0. The minimum Gasteiger partial charge on any atom is -0.383 e. The summed E-state index contributed by atoms with van der Waals surface area (Å²) in [6.07, 6.45) is 0. The van der Waals surface area contributed by atoms with E-state index in [9.17, 15) is 0 Å². The lowest BCUT2D eigenvalue weighted by Gasteiger charge is -2.23. The molecule has 0 heterocycles. The van der Waals surface area contributed by atoms with Crippen molar-refractivity contribution in [2.45, 2.75) is 33.4 Å². The third-order valence-corrected chi connectivity index (χ3v) is 3.79. The van der Waals surface area contributed by atoms with Crippen molar-refractivity contribution in [3.63, 3.8) is 0 Å². The number of anilines is 1. The first-order valence-electron chi connectivity index (χ1n) is 6.84. The number of methoxy groups -OCH3 is 1. The Bertz CT molecular complexity index is 382. The predicted octanol–water partition coefficient (Wildman–Crippen LogP) is 3.42. The molecule has 1 aromatic rings. The van der Waals surface area contributed by atoms with Crippen LogP contribution in [0.4, 0.5) is 5.69 Å². The molecule has 0 unspecified atom stereocenters. The first-order chi connectivity index (χ1) is 9.08. The Kier molecular flexibility index (Phi) is 7.42. The van der Waals surface area contributed by atoms with E-state index in [1.165, 1.54) is 11.3 Å². The summed E-state index contributed by atoms with van der Waals surface area (Å²) in [7, 11) is 1.74. The molecule has 1 N–H and O–H groups in total. The van der Waals surface area contributed by atoms with E-state index in [0.29, 0.717) is 6.04 Å². The highest BCUT2D eigenvalue weighted by atomic mass is 79.9. The van der Waals surface area contributed by atoms with Crippen molar-refractivity contribution in [2.75, 3.05) is 31.7 Å². The largest absolute Gasteiger partial charge is 0.383 e. The van der Waals surface area contributed by atoms with Crippen LogP contribution in [0.5, 0.6) is 0 Å². The lowest BCUT2D eigenvalue weighted by atomic mass is 10.2. The number of rotatable bonds is 8. The molecule has 4 heteroatoms. The average molecular weight is 329 g/mol. The van der Waals surface area contributed by atoms with Crippen LogP contribution in [0, 0.1) is 0 Å². The molecule has 0 spiro atoms. The molecule has 0 aliphatic carbocycles. The van der Waals surface area contributed by atoms with Crippen LogP contribution in [0.1, 0.15) is 26.3 Å². The maximum absolute atomic E-state index is 5.15. The fourth-order valence-corrected chi connectivity index (χ4v) is 2.37. The van der Waals surface area contributed by atoms with Gasteiger partial charge in [0.25, 0.3) is 0 Å². The number of hydrogen-bond donors (Lipinski definition) is 1. The highest BCUT2D eigenvalue weighted by Crippen LogP contribution is 2.24. The third-order valence-electron chi connectivity index (χ3n) is 3.05. The monoisotopic (exact) mass is 328 g/mol. The standard InChI is InChI=1S/C15H25BrN2O/c1-5-18(8-9-19-4)14-7-6-13(15(16)10-14)11-17-12(2)3/h6-7,10,12,17H,5,8-9,11H2,1-4H3. The van der Waals surface area contributed by atoms with Crippen molar-refractivity contribution in [3.05, 3.63) is 28.2 Å². The second-order valence-corrected chi connectivity index (χ2v) is 5.74. The Morgan fingerprint density at radius 2 is 2.11 bits per heavy atom. The van der Waals surface area contributed by atoms with Crippen LogP contribution in [-0.4, -0.2) is 32.8 Å². The Morgan fingerprint density at radius 3 is 2.63 bits per heavy atom. The van der Waals surface area contributed by atoms with Gasteiger partial charge in [0.05, 0.1) is 6.61 Å². The van der Waals surface area contributed by atoms with Gasteiger partial charge in [0.15, 0.2) is 0 Å². The van der Waals surface area contributed by atoms with E-state index in [2.05, 4.69) is 65.1 Å². The summed E-state index contributed by atoms with van der Waals surface area (Å²) < 4.78 is 6.31. The average Bonchev–Trinajstić information content (AvgIpc) is 2.38. The van der Waals surface area contributed by atoms with Crippen LogP contribution in [0.25, 0.3) is 0 Å². The Labute approximate surface area is 125 Å². The number of nitrogens with one attached hydrogen (secondary N) is 1. The molecule has 108 valence electrons. The summed E-state index contributed by atoms with van der Waals surface area (Å²) in [5, 5.41) is 3.44. The van der Waals surface area contributed by atoms with E-state index in [4.69, 9.17) is 4.74 Å². The lowest BCUT2D eigenvalue weighted by molar-refractivity contribution is 0.205. The van der Waals surface area contributed by atoms with Crippen molar-refractivity contribution in [3.8, 4) is 0 Å². The molecule has 1 aromatic carbocycles. The second kappa shape index (κ2) is 8.56. The molecule has 19 heavy (non-hydrogen) atoms. The van der Waals surface area contributed by atoms with Crippen LogP contribution in [0.15, 0.2) is 22.7 Å². The molecule has 1 rings (SSSR count). The summed E-state index contributed by atoms with van der Waals surface area (Å²) in [5.74, 6) is 0. The van der Waals surface area contributed by atoms with Gasteiger partial charge in [-0.15, -0.1) is 0 Å². The van der Waals surface area contributed by atoms with Crippen molar-refractivity contribution in [1.29, 1.82) is 0 Å². The summed E-state index contributed by atoms with van der Waals surface area (Å²) >= 11 is 3.67. The summed E-state index contributed by atoms with van der Waals surface area (Å²) in [5.41, 5.74) is 2.53. The van der Waals surface area contributed by atoms with Gasteiger partial charge in [0.2, 0.25) is 0 Å². The van der Waals surface area contributed by atoms with Gasteiger partial charge >= 0.3 is 0 Å². The molecule has 0 aliphatic rings. The van der Waals surface area contributed by atoms with Crippen molar-refractivity contribution >= 4 is 21.6 Å². The molecule has 0 saturated carbocycles. The number of hydrogen-bond acceptors (Lipinski definition) is 3. The molecule has 0 aromatic heterocycles. The lowest BCUT2D eigenvalue weighted by Crippen LogP contribution is -2.27. The van der Waals surface area contributed by atoms with E-state index in [1.54, 1.807) is 7.11 Å². The highest BCUT2D eigenvalue weighted by Gasteiger charge is 2.07. The maximum Gasteiger partial charge on any atom is 0.0637 e. The second-order valence-electron chi connectivity index (χ2n) is 4.88. The van der Waals surface area contributed by atoms with E-state index in [0.717, 1.165) is 30.7 Å². The number of likely N-dealkylation sites (N-methyl/N-ethyl adjacent to an activating group) is 1. The molecule has 0 bridgehead atoms. The smallest absolute Gasteiger partial charge is 0.0637 e. The number of halogens is 1. The van der Waals surface area contributed by atoms with Gasteiger partial charge in [-0.2, -0.15) is 0 Å². The molecule has 0 radical (unpaired) electrons. The zero-order valence-corrected chi connectivity index (χ0v) is 14.0. The maximum atomic E-state index is 5.15. The topological polar surface area (TPSA) is 24.5 Å². The Hall–Kier alpha value is -0.580. The first-order valence-corrected chi connectivity index (χ1v) is 7.63. The Morgan fingerprint density at radius 1 is 1.37 bits per heavy atom. The Balaban J connectivity index is 2.73. The van der Waals surface area contributed by atoms with Crippen LogP contribution in [-0.2, 0) is 11.3 Å². The van der Waals surface area contributed by atoms with E-state index >= 15 is 0 Å². The van der Waals surface area contributed by atoms with Gasteiger partial charge in [-0.1, -0.05) is 35.8 Å². The summed E-state index contributed by atoms with van der Waals surface area (Å²) in [6, 6.07) is 7.06. The SMILES string of the molecule is CCN(CCOC)c1ccc(CNC(C)C)c(Br)c1. The molecule has 0 saturated heterocycles. The summed E-state index contributed by atoms with van der Waals surface area (Å²) in [4.78, 5) is 2.31. The van der Waals surface area contributed by atoms with E-state index < -0.39 is 0 Å². The van der Waals surface area contributed by atoms with Crippen LogP contribution in [0.3, 0.4) is 0 Å². The molecule has 0 atom stereocenters. The fraction of sp³-hybridized carbons (Fsp3) is 0.600. The van der Waals surface area contributed by atoms with Crippen LogP contribution < -0.4 is 10.2 Å². The number of ether oxygens (including phenoxy) is 1. The van der Waals surface area contributed by atoms with Gasteiger partial charge in [0.1, 0.15) is 0 Å². The molecular weight excluding hydrogens is 304 g/mol. The van der Waals surface area contributed by atoms with Crippen LogP contribution >= 0.6 is 15.9 Å². The zero-order valence-electron chi connectivity index (χ0n) is 12.4. The molecule has 0 aliphatic heterocycles.